The average Bonchev–Trinajstić information content (AvgIpc) is 2.92. The van der Waals surface area contributed by atoms with Crippen LogP contribution in [0.2, 0.25) is 0 Å². The third-order valence-corrected chi connectivity index (χ3v) is 6.01. The summed E-state index contributed by atoms with van der Waals surface area (Å²) in [5, 5.41) is 9.81. The van der Waals surface area contributed by atoms with Crippen molar-refractivity contribution in [3.8, 4) is 23.3 Å². The molecule has 1 atom stereocenters. The molecular formula is C30H20F2N2O4. The maximum atomic E-state index is 13.2. The first-order valence-corrected chi connectivity index (χ1v) is 11.6. The van der Waals surface area contributed by atoms with Crippen LogP contribution in [-0.4, -0.2) is 5.97 Å². The fourth-order valence-electron chi connectivity index (χ4n) is 4.10. The lowest BCUT2D eigenvalue weighted by molar-refractivity contribution is 0.0734. The molecule has 0 amide bonds. The van der Waals surface area contributed by atoms with Crippen LogP contribution in [0.15, 0.2) is 102 Å². The number of nitriles is 1. The second-order valence-electron chi connectivity index (χ2n) is 8.51. The van der Waals surface area contributed by atoms with E-state index in [0.29, 0.717) is 17.1 Å². The topological polar surface area (TPSA) is 94.6 Å². The van der Waals surface area contributed by atoms with Crippen LogP contribution in [0.3, 0.4) is 0 Å². The Bertz CT molecular complexity index is 1560. The first-order valence-electron chi connectivity index (χ1n) is 11.6. The Morgan fingerprint density at radius 2 is 1.53 bits per heavy atom. The molecule has 4 aromatic carbocycles. The Morgan fingerprint density at radius 1 is 0.895 bits per heavy atom. The van der Waals surface area contributed by atoms with Crippen LogP contribution in [0.25, 0.3) is 0 Å². The molecule has 5 rings (SSSR count). The number of nitrogens with two attached hydrogens (primary N) is 1. The van der Waals surface area contributed by atoms with Crippen LogP contribution in [-0.2, 0) is 6.61 Å². The van der Waals surface area contributed by atoms with Gasteiger partial charge in [-0.1, -0.05) is 30.3 Å². The highest BCUT2D eigenvalue weighted by molar-refractivity contribution is 5.91. The van der Waals surface area contributed by atoms with Crippen molar-refractivity contribution < 1.29 is 27.8 Å². The van der Waals surface area contributed by atoms with E-state index in [1.807, 2.05) is 12.1 Å². The lowest BCUT2D eigenvalue weighted by atomic mass is 9.83. The molecule has 1 unspecified atom stereocenters. The molecule has 0 bridgehead atoms. The fraction of sp³-hybridized carbons (Fsp3) is 0.0667. The van der Waals surface area contributed by atoms with Crippen LogP contribution in [0, 0.1) is 23.0 Å². The van der Waals surface area contributed by atoms with E-state index in [0.717, 1.165) is 11.1 Å². The molecule has 188 valence electrons. The second kappa shape index (κ2) is 10.4. The monoisotopic (exact) mass is 510 g/mol. The summed E-state index contributed by atoms with van der Waals surface area (Å²) in [5.41, 5.74) is 8.78. The maximum absolute atomic E-state index is 13.2. The summed E-state index contributed by atoms with van der Waals surface area (Å²) >= 11 is 0. The Hall–Kier alpha value is -5.16. The van der Waals surface area contributed by atoms with E-state index in [1.54, 1.807) is 36.4 Å². The van der Waals surface area contributed by atoms with Crippen molar-refractivity contribution in [1.82, 2.24) is 0 Å². The van der Waals surface area contributed by atoms with Crippen LogP contribution in [0.1, 0.15) is 33.0 Å². The van der Waals surface area contributed by atoms with Gasteiger partial charge in [-0.3, -0.25) is 0 Å². The van der Waals surface area contributed by atoms with E-state index < -0.39 is 17.7 Å². The van der Waals surface area contributed by atoms with Gasteiger partial charge in [-0.05, 0) is 65.7 Å². The highest BCUT2D eigenvalue weighted by Crippen LogP contribution is 2.43. The number of hydrogen-bond acceptors (Lipinski definition) is 6. The van der Waals surface area contributed by atoms with Crippen molar-refractivity contribution >= 4 is 5.97 Å². The highest BCUT2D eigenvalue weighted by atomic mass is 19.1. The van der Waals surface area contributed by atoms with Gasteiger partial charge in [0.2, 0.25) is 5.88 Å². The zero-order valence-electron chi connectivity index (χ0n) is 19.9. The largest absolute Gasteiger partial charge is 0.489 e. The van der Waals surface area contributed by atoms with Crippen molar-refractivity contribution in [3.05, 3.63) is 136 Å². The molecule has 6 nitrogen and oxygen atoms in total. The van der Waals surface area contributed by atoms with E-state index in [2.05, 4.69) is 6.07 Å². The van der Waals surface area contributed by atoms with Crippen molar-refractivity contribution in [2.75, 3.05) is 0 Å². The van der Waals surface area contributed by atoms with E-state index in [9.17, 15) is 18.8 Å². The lowest BCUT2D eigenvalue weighted by Crippen LogP contribution is -2.21. The standard InChI is InChI=1S/C30H20F2N2O4/c31-21-7-1-18(2-8-21)17-36-23-11-5-19(6-12-23)28-25-14-13-24(15-27(25)38-29(34)26(28)16-33)37-30(35)20-3-9-22(32)10-4-20/h1-15,28H,17,34H2. The molecule has 38 heavy (non-hydrogen) atoms. The third-order valence-electron chi connectivity index (χ3n) is 6.01. The predicted molar refractivity (Wildman–Crippen MR) is 134 cm³/mol. The molecule has 1 heterocycles. The third kappa shape index (κ3) is 5.18. The summed E-state index contributed by atoms with van der Waals surface area (Å²) in [6, 6.07) is 25.2. The molecule has 1 aliphatic heterocycles. The van der Waals surface area contributed by atoms with Gasteiger partial charge in [0, 0.05) is 11.6 Å². The van der Waals surface area contributed by atoms with E-state index >= 15 is 0 Å². The molecular weight excluding hydrogens is 490 g/mol. The zero-order chi connectivity index (χ0) is 26.6. The highest BCUT2D eigenvalue weighted by Gasteiger charge is 2.31. The first-order chi connectivity index (χ1) is 18.4. The Morgan fingerprint density at radius 3 is 2.18 bits per heavy atom. The molecule has 0 saturated heterocycles. The fourth-order valence-corrected chi connectivity index (χ4v) is 4.10. The van der Waals surface area contributed by atoms with Crippen LogP contribution in [0.5, 0.6) is 17.2 Å². The molecule has 0 aliphatic carbocycles. The molecule has 1 aliphatic rings. The normalized spacial score (nSPS) is 14.2. The van der Waals surface area contributed by atoms with E-state index in [4.69, 9.17) is 19.9 Å². The summed E-state index contributed by atoms with van der Waals surface area (Å²) < 4.78 is 43.2. The Kier molecular flexibility index (Phi) is 6.74. The molecule has 0 spiro atoms. The number of fused-ring (bicyclic) bond motifs is 1. The zero-order valence-corrected chi connectivity index (χ0v) is 19.9. The summed E-state index contributed by atoms with van der Waals surface area (Å²) in [4.78, 5) is 12.4. The summed E-state index contributed by atoms with van der Waals surface area (Å²) in [6.07, 6.45) is 0. The minimum Gasteiger partial charge on any atom is -0.489 e. The van der Waals surface area contributed by atoms with Crippen LogP contribution in [0.4, 0.5) is 8.78 Å². The molecule has 2 N–H and O–H groups in total. The van der Waals surface area contributed by atoms with Crippen molar-refractivity contribution in [2.45, 2.75) is 12.5 Å². The second-order valence-corrected chi connectivity index (χ2v) is 8.51. The summed E-state index contributed by atoms with van der Waals surface area (Å²) in [6.45, 7) is 0.273. The van der Waals surface area contributed by atoms with Gasteiger partial charge in [0.05, 0.1) is 11.5 Å². The van der Waals surface area contributed by atoms with Crippen molar-refractivity contribution in [3.63, 3.8) is 0 Å². The Balaban J connectivity index is 1.37. The average molecular weight is 510 g/mol. The molecule has 0 fully saturated rings. The minimum atomic E-state index is -0.658. The minimum absolute atomic E-state index is 0.0522. The number of nitrogens with zero attached hydrogens (tertiary/aromatic N) is 1. The molecule has 0 radical (unpaired) electrons. The van der Waals surface area contributed by atoms with Gasteiger partial charge in [-0.15, -0.1) is 0 Å². The molecule has 0 saturated carbocycles. The van der Waals surface area contributed by atoms with Crippen LogP contribution < -0.4 is 19.9 Å². The van der Waals surface area contributed by atoms with Crippen molar-refractivity contribution in [1.29, 1.82) is 5.26 Å². The first kappa shape index (κ1) is 24.5. The number of halogens is 2. The number of benzene rings is 4. The quantitative estimate of drug-likeness (QED) is 0.253. The molecule has 8 heteroatoms. The lowest BCUT2D eigenvalue weighted by Gasteiger charge is -2.26. The predicted octanol–water partition coefficient (Wildman–Crippen LogP) is 5.98. The number of hydrogen-bond donors (Lipinski definition) is 1. The maximum Gasteiger partial charge on any atom is 0.343 e. The van der Waals surface area contributed by atoms with Gasteiger partial charge in [0.25, 0.3) is 0 Å². The summed E-state index contributed by atoms with van der Waals surface area (Å²) in [5.74, 6) is -0.854. The molecule has 4 aromatic rings. The number of carbonyl (C=O) groups excluding carboxylic acids is 1. The van der Waals surface area contributed by atoms with Gasteiger partial charge in [0.15, 0.2) is 0 Å². The van der Waals surface area contributed by atoms with Gasteiger partial charge in [0.1, 0.15) is 47.1 Å². The SMILES string of the molecule is N#CC1=C(N)Oc2cc(OC(=O)c3ccc(F)cc3)ccc2C1c1ccc(OCc2ccc(F)cc2)cc1. The van der Waals surface area contributed by atoms with Gasteiger partial charge in [-0.25, -0.2) is 13.6 Å². The van der Waals surface area contributed by atoms with Gasteiger partial charge < -0.3 is 19.9 Å². The number of esters is 1. The molecule has 0 aromatic heterocycles. The number of allylic oxidation sites excluding steroid dienone is 1. The smallest absolute Gasteiger partial charge is 0.343 e. The van der Waals surface area contributed by atoms with Crippen molar-refractivity contribution in [2.24, 2.45) is 5.73 Å². The number of ether oxygens (including phenoxy) is 3. The Labute approximate surface area is 217 Å². The van der Waals surface area contributed by atoms with Crippen LogP contribution >= 0.6 is 0 Å². The van der Waals surface area contributed by atoms with E-state index in [-0.39, 0.29) is 35.2 Å². The van der Waals surface area contributed by atoms with Gasteiger partial charge in [-0.2, -0.15) is 5.26 Å². The summed E-state index contributed by atoms with van der Waals surface area (Å²) in [7, 11) is 0. The number of carbonyl (C=O) groups is 1. The van der Waals surface area contributed by atoms with E-state index in [1.165, 1.54) is 42.5 Å². The number of rotatable bonds is 6. The van der Waals surface area contributed by atoms with Gasteiger partial charge >= 0.3 is 5.97 Å².